The SMILES string of the molecule is Cc1cc(OCC(=O)N(Cc2ccc(N(C)C)cc2)C[C@@H]2CCCO2)ccc1Cl. The average Bonchev–Trinajstić information content (AvgIpc) is 3.21. The molecule has 1 aliphatic rings. The molecule has 1 heterocycles. The van der Waals surface area contributed by atoms with E-state index in [1.807, 2.05) is 32.0 Å². The molecule has 2 aromatic carbocycles. The molecule has 156 valence electrons. The van der Waals surface area contributed by atoms with Gasteiger partial charge < -0.3 is 19.3 Å². The molecule has 0 N–H and O–H groups in total. The van der Waals surface area contributed by atoms with Crippen LogP contribution in [0.3, 0.4) is 0 Å². The van der Waals surface area contributed by atoms with Crippen LogP contribution in [-0.4, -0.2) is 50.8 Å². The van der Waals surface area contributed by atoms with Gasteiger partial charge in [-0.15, -0.1) is 0 Å². The Morgan fingerprint density at radius 1 is 1.21 bits per heavy atom. The highest BCUT2D eigenvalue weighted by Gasteiger charge is 2.23. The normalized spacial score (nSPS) is 15.9. The van der Waals surface area contributed by atoms with Crippen molar-refractivity contribution in [2.75, 3.05) is 38.8 Å². The van der Waals surface area contributed by atoms with Gasteiger partial charge in [0.25, 0.3) is 5.91 Å². The predicted molar refractivity (Wildman–Crippen MR) is 117 cm³/mol. The summed E-state index contributed by atoms with van der Waals surface area (Å²) in [5.41, 5.74) is 3.14. The third-order valence-corrected chi connectivity index (χ3v) is 5.54. The van der Waals surface area contributed by atoms with Gasteiger partial charge in [-0.25, -0.2) is 0 Å². The zero-order chi connectivity index (χ0) is 20.8. The van der Waals surface area contributed by atoms with Crippen molar-refractivity contribution in [1.29, 1.82) is 0 Å². The van der Waals surface area contributed by atoms with Crippen LogP contribution in [-0.2, 0) is 16.1 Å². The largest absolute Gasteiger partial charge is 0.484 e. The lowest BCUT2D eigenvalue weighted by Gasteiger charge is -2.26. The summed E-state index contributed by atoms with van der Waals surface area (Å²) in [6, 6.07) is 13.7. The number of hydrogen-bond acceptors (Lipinski definition) is 4. The molecule has 6 heteroatoms. The summed E-state index contributed by atoms with van der Waals surface area (Å²) < 4.78 is 11.5. The third-order valence-electron chi connectivity index (χ3n) is 5.12. The first-order valence-electron chi connectivity index (χ1n) is 9.97. The van der Waals surface area contributed by atoms with Crippen LogP contribution in [0.25, 0.3) is 0 Å². The van der Waals surface area contributed by atoms with Gasteiger partial charge in [-0.2, -0.15) is 0 Å². The van der Waals surface area contributed by atoms with E-state index in [9.17, 15) is 4.79 Å². The summed E-state index contributed by atoms with van der Waals surface area (Å²) >= 11 is 6.06. The van der Waals surface area contributed by atoms with E-state index in [0.717, 1.165) is 36.3 Å². The standard InChI is InChI=1S/C23H29ClN2O3/c1-17-13-20(10-11-22(17)24)29-16-23(27)26(15-21-5-4-12-28-21)14-18-6-8-19(9-7-18)25(2)3/h6-11,13,21H,4-5,12,14-16H2,1-3H3/t21-/m0/s1. The molecule has 1 fully saturated rings. The monoisotopic (exact) mass is 416 g/mol. The van der Waals surface area contributed by atoms with Crippen LogP contribution < -0.4 is 9.64 Å². The summed E-state index contributed by atoms with van der Waals surface area (Å²) in [5, 5.41) is 0.685. The number of ether oxygens (including phenoxy) is 2. The molecule has 0 aliphatic carbocycles. The van der Waals surface area contributed by atoms with Crippen LogP contribution in [0.4, 0.5) is 5.69 Å². The molecular formula is C23H29ClN2O3. The fourth-order valence-corrected chi connectivity index (χ4v) is 3.47. The minimum absolute atomic E-state index is 0.0103. The minimum atomic E-state index is -0.0511. The molecular weight excluding hydrogens is 388 g/mol. The predicted octanol–water partition coefficient (Wildman–Crippen LogP) is 4.30. The van der Waals surface area contributed by atoms with E-state index >= 15 is 0 Å². The Bertz CT molecular complexity index is 817. The first-order chi connectivity index (χ1) is 13.9. The van der Waals surface area contributed by atoms with Crippen molar-refractivity contribution in [2.45, 2.75) is 32.4 Å². The number of amides is 1. The van der Waals surface area contributed by atoms with Gasteiger partial charge in [0.05, 0.1) is 6.10 Å². The van der Waals surface area contributed by atoms with Crippen LogP contribution in [0.1, 0.15) is 24.0 Å². The highest BCUT2D eigenvalue weighted by atomic mass is 35.5. The van der Waals surface area contributed by atoms with Crippen molar-refractivity contribution in [3.05, 3.63) is 58.6 Å². The van der Waals surface area contributed by atoms with Crippen molar-refractivity contribution in [3.63, 3.8) is 0 Å². The van der Waals surface area contributed by atoms with Gasteiger partial charge in [-0.3, -0.25) is 4.79 Å². The molecule has 0 spiro atoms. The van der Waals surface area contributed by atoms with Gasteiger partial charge in [-0.05, 0) is 61.2 Å². The smallest absolute Gasteiger partial charge is 0.260 e. The Kier molecular flexibility index (Phi) is 7.40. The molecule has 5 nitrogen and oxygen atoms in total. The lowest BCUT2D eigenvalue weighted by molar-refractivity contribution is -0.135. The lowest BCUT2D eigenvalue weighted by Crippen LogP contribution is -2.39. The molecule has 0 unspecified atom stereocenters. The van der Waals surface area contributed by atoms with Gasteiger partial charge in [0, 0.05) is 44.5 Å². The van der Waals surface area contributed by atoms with E-state index in [4.69, 9.17) is 21.1 Å². The number of carbonyl (C=O) groups excluding carboxylic acids is 1. The fraction of sp³-hybridized carbons (Fsp3) is 0.435. The second-order valence-electron chi connectivity index (χ2n) is 7.67. The molecule has 0 radical (unpaired) electrons. The molecule has 1 amide bonds. The molecule has 1 saturated heterocycles. The second kappa shape index (κ2) is 9.99. The van der Waals surface area contributed by atoms with Crippen molar-refractivity contribution in [2.24, 2.45) is 0 Å². The minimum Gasteiger partial charge on any atom is -0.484 e. The number of carbonyl (C=O) groups is 1. The van der Waals surface area contributed by atoms with Gasteiger partial charge in [-0.1, -0.05) is 23.7 Å². The molecule has 1 atom stereocenters. The molecule has 0 aromatic heterocycles. The van der Waals surface area contributed by atoms with Crippen molar-refractivity contribution >= 4 is 23.2 Å². The molecule has 1 aliphatic heterocycles. The van der Waals surface area contributed by atoms with E-state index in [-0.39, 0.29) is 18.6 Å². The maximum Gasteiger partial charge on any atom is 0.260 e. The van der Waals surface area contributed by atoms with Crippen LogP contribution in [0, 0.1) is 6.92 Å². The van der Waals surface area contributed by atoms with E-state index in [0.29, 0.717) is 23.9 Å². The van der Waals surface area contributed by atoms with Crippen LogP contribution in [0.15, 0.2) is 42.5 Å². The van der Waals surface area contributed by atoms with Crippen LogP contribution in [0.5, 0.6) is 5.75 Å². The Morgan fingerprint density at radius 2 is 1.97 bits per heavy atom. The quantitative estimate of drug-likeness (QED) is 0.643. The van der Waals surface area contributed by atoms with Crippen LogP contribution in [0.2, 0.25) is 5.02 Å². The first-order valence-corrected chi connectivity index (χ1v) is 10.3. The maximum absolute atomic E-state index is 12.9. The number of rotatable bonds is 8. The molecule has 2 aromatic rings. The van der Waals surface area contributed by atoms with Crippen molar-refractivity contribution < 1.29 is 14.3 Å². The second-order valence-corrected chi connectivity index (χ2v) is 8.08. The Hall–Kier alpha value is -2.24. The van der Waals surface area contributed by atoms with E-state index < -0.39 is 0 Å². The summed E-state index contributed by atoms with van der Waals surface area (Å²) in [6.07, 6.45) is 2.13. The van der Waals surface area contributed by atoms with Gasteiger partial charge >= 0.3 is 0 Å². The Morgan fingerprint density at radius 3 is 2.59 bits per heavy atom. The van der Waals surface area contributed by atoms with Crippen molar-refractivity contribution in [1.82, 2.24) is 4.90 Å². The zero-order valence-corrected chi connectivity index (χ0v) is 18.1. The Balaban J connectivity index is 1.66. The number of halogens is 1. The van der Waals surface area contributed by atoms with E-state index in [1.54, 1.807) is 12.1 Å². The van der Waals surface area contributed by atoms with E-state index in [2.05, 4.69) is 29.2 Å². The Labute approximate surface area is 178 Å². The number of hydrogen-bond donors (Lipinski definition) is 0. The number of benzene rings is 2. The highest BCUT2D eigenvalue weighted by Crippen LogP contribution is 2.22. The number of anilines is 1. The molecule has 3 rings (SSSR count). The average molecular weight is 417 g/mol. The molecule has 29 heavy (non-hydrogen) atoms. The summed E-state index contributed by atoms with van der Waals surface area (Å²) in [4.78, 5) is 16.8. The third kappa shape index (κ3) is 6.12. The lowest BCUT2D eigenvalue weighted by atomic mass is 10.1. The van der Waals surface area contributed by atoms with Crippen LogP contribution >= 0.6 is 11.6 Å². The highest BCUT2D eigenvalue weighted by molar-refractivity contribution is 6.31. The fourth-order valence-electron chi connectivity index (χ4n) is 3.35. The van der Waals surface area contributed by atoms with Gasteiger partial charge in [0.1, 0.15) is 5.75 Å². The number of nitrogens with zero attached hydrogens (tertiary/aromatic N) is 2. The molecule has 0 bridgehead atoms. The zero-order valence-electron chi connectivity index (χ0n) is 17.4. The van der Waals surface area contributed by atoms with E-state index in [1.165, 1.54) is 0 Å². The molecule has 0 saturated carbocycles. The topological polar surface area (TPSA) is 42.0 Å². The van der Waals surface area contributed by atoms with Crippen molar-refractivity contribution in [3.8, 4) is 5.75 Å². The number of aryl methyl sites for hydroxylation is 1. The van der Waals surface area contributed by atoms with Gasteiger partial charge in [0.15, 0.2) is 6.61 Å². The summed E-state index contributed by atoms with van der Waals surface area (Å²) in [7, 11) is 4.02. The maximum atomic E-state index is 12.9. The first kappa shape index (κ1) is 21.5. The summed E-state index contributed by atoms with van der Waals surface area (Å²) in [5.74, 6) is 0.595. The van der Waals surface area contributed by atoms with Gasteiger partial charge in [0.2, 0.25) is 0 Å². The summed E-state index contributed by atoms with van der Waals surface area (Å²) in [6.45, 7) is 3.79.